The lowest BCUT2D eigenvalue weighted by Gasteiger charge is -2.23. The first-order valence-corrected chi connectivity index (χ1v) is 10.1. The maximum Gasteiger partial charge on any atom is 0.00671 e. The van der Waals surface area contributed by atoms with E-state index in [-0.39, 0.29) is 0 Å². The molecule has 1 N–H and O–H groups in total. The van der Waals surface area contributed by atoms with Gasteiger partial charge in [-0.3, -0.25) is 0 Å². The fraction of sp³-hybridized carbons (Fsp3) is 0.500. The van der Waals surface area contributed by atoms with Crippen LogP contribution in [0.15, 0.2) is 42.5 Å². The van der Waals surface area contributed by atoms with Crippen LogP contribution in [0.5, 0.6) is 0 Å². The molecule has 2 aromatic rings. The summed E-state index contributed by atoms with van der Waals surface area (Å²) >= 11 is 0. The molecule has 0 bridgehead atoms. The average molecular weight is 336 g/mol. The van der Waals surface area contributed by atoms with E-state index < -0.39 is 0 Å². The van der Waals surface area contributed by atoms with Crippen LogP contribution in [0.3, 0.4) is 0 Å². The average Bonchev–Trinajstić information content (AvgIpc) is 2.64. The second-order valence-corrected chi connectivity index (χ2v) is 7.73. The van der Waals surface area contributed by atoms with Gasteiger partial charge >= 0.3 is 0 Å². The van der Waals surface area contributed by atoms with Crippen molar-refractivity contribution >= 4 is 0 Å². The van der Waals surface area contributed by atoms with Crippen LogP contribution in [-0.2, 0) is 19.3 Å². The van der Waals surface area contributed by atoms with Crippen molar-refractivity contribution in [1.82, 2.24) is 5.32 Å². The van der Waals surface area contributed by atoms with Crippen molar-refractivity contribution in [3.8, 4) is 0 Å². The predicted molar refractivity (Wildman–Crippen MR) is 108 cm³/mol. The molecule has 0 aliphatic heterocycles. The van der Waals surface area contributed by atoms with Gasteiger partial charge in [-0.25, -0.2) is 0 Å². The van der Waals surface area contributed by atoms with Gasteiger partial charge in [-0.15, -0.1) is 0 Å². The first-order chi connectivity index (χ1) is 12.2. The highest BCUT2D eigenvalue weighted by Crippen LogP contribution is 2.18. The van der Waals surface area contributed by atoms with Crippen molar-refractivity contribution in [2.45, 2.75) is 71.3 Å². The van der Waals surface area contributed by atoms with Crippen LogP contribution in [0, 0.1) is 13.8 Å². The number of hydrogen-bond acceptors (Lipinski definition) is 1. The van der Waals surface area contributed by atoms with Crippen LogP contribution < -0.4 is 5.32 Å². The highest BCUT2D eigenvalue weighted by molar-refractivity contribution is 5.33. The Morgan fingerprint density at radius 3 is 2.36 bits per heavy atom. The summed E-state index contributed by atoms with van der Waals surface area (Å²) in [5.74, 6) is 0. The number of aryl methyl sites for hydroxylation is 4. The van der Waals surface area contributed by atoms with Crippen LogP contribution in [0.1, 0.15) is 59.9 Å². The van der Waals surface area contributed by atoms with Gasteiger partial charge in [0.25, 0.3) is 0 Å². The monoisotopic (exact) mass is 335 g/mol. The summed E-state index contributed by atoms with van der Waals surface area (Å²) in [7, 11) is 0. The van der Waals surface area contributed by atoms with Gasteiger partial charge in [-0.1, -0.05) is 61.7 Å². The van der Waals surface area contributed by atoms with E-state index >= 15 is 0 Å². The van der Waals surface area contributed by atoms with Crippen LogP contribution in [0.4, 0.5) is 0 Å². The zero-order valence-corrected chi connectivity index (χ0v) is 16.0. The van der Waals surface area contributed by atoms with Gasteiger partial charge in [0.2, 0.25) is 0 Å². The minimum atomic E-state index is 0.762. The number of hydrogen-bond donors (Lipinski definition) is 1. The quantitative estimate of drug-likeness (QED) is 0.699. The Labute approximate surface area is 153 Å². The first kappa shape index (κ1) is 18.2. The van der Waals surface area contributed by atoms with E-state index in [0.717, 1.165) is 31.8 Å². The summed E-state index contributed by atoms with van der Waals surface area (Å²) in [4.78, 5) is 0. The summed E-state index contributed by atoms with van der Waals surface area (Å²) in [6.07, 6.45) is 10.4. The Balaban J connectivity index is 1.53. The maximum atomic E-state index is 3.78. The van der Waals surface area contributed by atoms with Crippen molar-refractivity contribution in [2.24, 2.45) is 0 Å². The maximum absolute atomic E-state index is 3.78. The second-order valence-electron chi connectivity index (χ2n) is 7.73. The van der Waals surface area contributed by atoms with Gasteiger partial charge < -0.3 is 5.32 Å². The van der Waals surface area contributed by atoms with Gasteiger partial charge in [0, 0.05) is 6.04 Å². The predicted octanol–water partition coefficient (Wildman–Crippen LogP) is 5.55. The number of nitrogens with one attached hydrogen (secondary N) is 1. The van der Waals surface area contributed by atoms with Gasteiger partial charge in [-0.2, -0.15) is 0 Å². The summed E-state index contributed by atoms with van der Waals surface area (Å²) in [6.45, 7) is 5.58. The molecule has 1 saturated carbocycles. The van der Waals surface area contributed by atoms with E-state index in [0.29, 0.717) is 0 Å². The molecule has 0 amide bonds. The Morgan fingerprint density at radius 1 is 0.800 bits per heavy atom. The molecule has 3 rings (SSSR count). The van der Waals surface area contributed by atoms with Crippen molar-refractivity contribution in [2.75, 3.05) is 6.54 Å². The van der Waals surface area contributed by atoms with Crippen molar-refractivity contribution < 1.29 is 0 Å². The van der Waals surface area contributed by atoms with Crippen LogP contribution in [0.25, 0.3) is 0 Å². The van der Waals surface area contributed by atoms with Crippen LogP contribution in [-0.4, -0.2) is 12.6 Å². The normalized spacial score (nSPS) is 15.4. The second kappa shape index (κ2) is 9.20. The molecule has 1 aliphatic rings. The minimum Gasteiger partial charge on any atom is -0.314 e. The summed E-state index contributed by atoms with van der Waals surface area (Å²) in [6, 6.07) is 16.6. The minimum absolute atomic E-state index is 0.762. The van der Waals surface area contributed by atoms with Gasteiger partial charge in [0.15, 0.2) is 0 Å². The molecule has 134 valence electrons. The third-order valence-electron chi connectivity index (χ3n) is 5.79. The van der Waals surface area contributed by atoms with E-state index in [1.807, 2.05) is 0 Å². The smallest absolute Gasteiger partial charge is 0.00671 e. The molecule has 0 spiro atoms. The molecule has 1 fully saturated rings. The Kier molecular flexibility index (Phi) is 6.69. The Morgan fingerprint density at radius 2 is 1.56 bits per heavy atom. The van der Waals surface area contributed by atoms with Gasteiger partial charge in [0.05, 0.1) is 0 Å². The number of benzene rings is 2. The fourth-order valence-corrected chi connectivity index (χ4v) is 4.04. The van der Waals surface area contributed by atoms with Crippen molar-refractivity contribution in [3.05, 3.63) is 70.3 Å². The molecule has 0 aromatic heterocycles. The topological polar surface area (TPSA) is 12.0 Å². The van der Waals surface area contributed by atoms with E-state index in [4.69, 9.17) is 0 Å². The van der Waals surface area contributed by atoms with Gasteiger partial charge in [-0.05, 0) is 80.3 Å². The third kappa shape index (κ3) is 5.44. The molecule has 25 heavy (non-hydrogen) atoms. The Hall–Kier alpha value is -1.60. The highest BCUT2D eigenvalue weighted by Gasteiger charge is 2.12. The molecule has 0 atom stereocenters. The summed E-state index contributed by atoms with van der Waals surface area (Å²) < 4.78 is 0. The molecule has 2 aromatic carbocycles. The molecular weight excluding hydrogens is 302 g/mol. The largest absolute Gasteiger partial charge is 0.314 e. The van der Waals surface area contributed by atoms with E-state index in [9.17, 15) is 0 Å². The van der Waals surface area contributed by atoms with Crippen molar-refractivity contribution in [3.63, 3.8) is 0 Å². The van der Waals surface area contributed by atoms with E-state index in [1.165, 1.54) is 59.9 Å². The lowest BCUT2D eigenvalue weighted by atomic mass is 9.94. The zero-order chi connectivity index (χ0) is 17.5. The summed E-state index contributed by atoms with van der Waals surface area (Å²) in [5, 5.41) is 3.78. The zero-order valence-electron chi connectivity index (χ0n) is 16.0. The SMILES string of the molecule is Cc1ccc(CCc2ccccc2C)cc1CCNC1CCCCC1. The molecule has 0 unspecified atom stereocenters. The fourth-order valence-electron chi connectivity index (χ4n) is 4.04. The third-order valence-corrected chi connectivity index (χ3v) is 5.79. The lowest BCUT2D eigenvalue weighted by Crippen LogP contribution is -2.32. The van der Waals surface area contributed by atoms with E-state index in [2.05, 4.69) is 61.6 Å². The molecular formula is C24H33N. The molecule has 0 saturated heterocycles. The van der Waals surface area contributed by atoms with Gasteiger partial charge in [0.1, 0.15) is 0 Å². The molecule has 1 aliphatic carbocycles. The summed E-state index contributed by atoms with van der Waals surface area (Å²) in [5.41, 5.74) is 7.31. The lowest BCUT2D eigenvalue weighted by molar-refractivity contribution is 0.375. The van der Waals surface area contributed by atoms with Crippen LogP contribution >= 0.6 is 0 Å². The van der Waals surface area contributed by atoms with Crippen LogP contribution in [0.2, 0.25) is 0 Å². The number of rotatable bonds is 7. The first-order valence-electron chi connectivity index (χ1n) is 10.1. The Bertz CT molecular complexity index is 668. The van der Waals surface area contributed by atoms with Crippen molar-refractivity contribution in [1.29, 1.82) is 0 Å². The van der Waals surface area contributed by atoms with E-state index in [1.54, 1.807) is 0 Å². The molecule has 1 heteroatoms. The molecule has 0 radical (unpaired) electrons. The molecule has 0 heterocycles. The standard InChI is InChI=1S/C24H33N/c1-19-8-6-7-9-22(19)15-14-21-13-12-20(2)23(18-21)16-17-25-24-10-4-3-5-11-24/h6-9,12-13,18,24-25H,3-5,10-11,14-17H2,1-2H3. The highest BCUT2D eigenvalue weighted by atomic mass is 14.9. The molecule has 1 nitrogen and oxygen atoms in total.